The molecule has 2 atom stereocenters. The van der Waals surface area contributed by atoms with Crippen LogP contribution in [0.5, 0.6) is 0 Å². The summed E-state index contributed by atoms with van der Waals surface area (Å²) in [5, 5.41) is 5.55. The number of amides is 3. The van der Waals surface area contributed by atoms with Gasteiger partial charge in [0.1, 0.15) is 5.82 Å². The van der Waals surface area contributed by atoms with E-state index >= 15 is 0 Å². The minimum Gasteiger partial charge on any atom is -0.334 e. The summed E-state index contributed by atoms with van der Waals surface area (Å²) >= 11 is 0. The fourth-order valence-corrected chi connectivity index (χ4v) is 2.99. The summed E-state index contributed by atoms with van der Waals surface area (Å²) in [4.78, 5) is 30.4. The topological polar surface area (TPSA) is 74.3 Å². The summed E-state index contributed by atoms with van der Waals surface area (Å²) in [6.07, 6.45) is 2.00. The smallest absolute Gasteiger partial charge is 0.320 e. The van der Waals surface area contributed by atoms with Crippen LogP contribution < -0.4 is 10.6 Å². The second-order valence-corrected chi connectivity index (χ2v) is 6.35. The Morgan fingerprint density at radius 1 is 1.24 bits per heavy atom. The number of nitrogens with one attached hydrogen (secondary N) is 2. The number of urea groups is 1. The number of rotatable bonds is 4. The predicted octanol–water partition coefficient (Wildman–Crippen LogP) is 2.87. The lowest BCUT2D eigenvalue weighted by Crippen LogP contribution is -2.40. The van der Waals surface area contributed by atoms with Gasteiger partial charge in [0.2, 0.25) is 5.91 Å². The van der Waals surface area contributed by atoms with Gasteiger partial charge in [0.05, 0.1) is 12.1 Å². The third-order valence-electron chi connectivity index (χ3n) is 4.40. The highest BCUT2D eigenvalue weighted by molar-refractivity contribution is 5.89. The SMILES string of the molecule is Cc1ccc(NC(=O)NC2CC(=O)N(C(C)c3ccccc3)C2)nc1. The number of aryl methyl sites for hydroxylation is 1. The van der Waals surface area contributed by atoms with Gasteiger partial charge in [-0.15, -0.1) is 0 Å². The number of pyridine rings is 1. The van der Waals surface area contributed by atoms with E-state index in [1.165, 1.54) is 0 Å². The molecule has 2 heterocycles. The summed E-state index contributed by atoms with van der Waals surface area (Å²) < 4.78 is 0. The van der Waals surface area contributed by atoms with Gasteiger partial charge in [-0.3, -0.25) is 10.1 Å². The first-order valence-electron chi connectivity index (χ1n) is 8.37. The van der Waals surface area contributed by atoms with E-state index < -0.39 is 0 Å². The maximum atomic E-state index is 12.3. The van der Waals surface area contributed by atoms with Crippen LogP contribution in [0.4, 0.5) is 10.6 Å². The molecular formula is C19H22N4O2. The zero-order valence-electron chi connectivity index (χ0n) is 14.4. The molecule has 2 N–H and O–H groups in total. The summed E-state index contributed by atoms with van der Waals surface area (Å²) in [7, 11) is 0. The molecule has 6 nitrogen and oxygen atoms in total. The average molecular weight is 338 g/mol. The molecule has 130 valence electrons. The Morgan fingerprint density at radius 3 is 2.68 bits per heavy atom. The third kappa shape index (κ3) is 4.15. The van der Waals surface area contributed by atoms with Gasteiger partial charge in [-0.05, 0) is 31.0 Å². The number of hydrogen-bond acceptors (Lipinski definition) is 3. The Labute approximate surface area is 147 Å². The van der Waals surface area contributed by atoms with Gasteiger partial charge in [-0.1, -0.05) is 36.4 Å². The Balaban J connectivity index is 1.57. The van der Waals surface area contributed by atoms with E-state index in [-0.39, 0.29) is 24.0 Å². The molecule has 0 radical (unpaired) electrons. The van der Waals surface area contributed by atoms with Crippen molar-refractivity contribution in [2.45, 2.75) is 32.4 Å². The number of aromatic nitrogens is 1. The summed E-state index contributed by atoms with van der Waals surface area (Å²) in [5.74, 6) is 0.539. The highest BCUT2D eigenvalue weighted by Crippen LogP contribution is 2.25. The van der Waals surface area contributed by atoms with Crippen molar-refractivity contribution >= 4 is 17.8 Å². The molecule has 3 amide bonds. The monoisotopic (exact) mass is 338 g/mol. The van der Waals surface area contributed by atoms with Crippen molar-refractivity contribution in [3.05, 3.63) is 59.8 Å². The Morgan fingerprint density at radius 2 is 2.00 bits per heavy atom. The van der Waals surface area contributed by atoms with Gasteiger partial charge in [-0.2, -0.15) is 0 Å². The van der Waals surface area contributed by atoms with E-state index in [1.54, 1.807) is 12.3 Å². The van der Waals surface area contributed by atoms with Crippen LogP contribution in [-0.2, 0) is 4.79 Å². The van der Waals surface area contributed by atoms with E-state index in [1.807, 2.05) is 55.1 Å². The van der Waals surface area contributed by atoms with Crippen LogP contribution in [0.25, 0.3) is 0 Å². The Bertz CT molecular complexity index is 746. The van der Waals surface area contributed by atoms with Crippen LogP contribution in [0.15, 0.2) is 48.7 Å². The molecule has 1 aromatic carbocycles. The number of anilines is 1. The maximum Gasteiger partial charge on any atom is 0.320 e. The van der Waals surface area contributed by atoms with Crippen LogP contribution in [0, 0.1) is 6.92 Å². The van der Waals surface area contributed by atoms with Crippen LogP contribution in [0.3, 0.4) is 0 Å². The first kappa shape index (κ1) is 17.0. The molecule has 25 heavy (non-hydrogen) atoms. The minimum absolute atomic E-state index is 0.0117. The van der Waals surface area contributed by atoms with Crippen molar-refractivity contribution < 1.29 is 9.59 Å². The number of nitrogens with zero attached hydrogens (tertiary/aromatic N) is 2. The van der Waals surface area contributed by atoms with Crippen molar-refractivity contribution in [1.29, 1.82) is 0 Å². The van der Waals surface area contributed by atoms with Crippen molar-refractivity contribution in [2.24, 2.45) is 0 Å². The summed E-state index contributed by atoms with van der Waals surface area (Å²) in [6.45, 7) is 4.44. The second-order valence-electron chi connectivity index (χ2n) is 6.35. The van der Waals surface area contributed by atoms with Gasteiger partial charge in [0, 0.05) is 19.2 Å². The Hall–Kier alpha value is -2.89. The van der Waals surface area contributed by atoms with Crippen LogP contribution in [0.1, 0.15) is 30.5 Å². The largest absolute Gasteiger partial charge is 0.334 e. The fraction of sp³-hybridized carbons (Fsp3) is 0.316. The third-order valence-corrected chi connectivity index (χ3v) is 4.40. The number of likely N-dealkylation sites (tertiary alicyclic amines) is 1. The van der Waals surface area contributed by atoms with E-state index in [2.05, 4.69) is 15.6 Å². The zero-order valence-corrected chi connectivity index (χ0v) is 14.4. The van der Waals surface area contributed by atoms with E-state index in [9.17, 15) is 9.59 Å². The molecule has 1 fully saturated rings. The maximum absolute atomic E-state index is 12.3. The molecule has 0 aliphatic carbocycles. The first-order valence-corrected chi connectivity index (χ1v) is 8.37. The molecular weight excluding hydrogens is 316 g/mol. The lowest BCUT2D eigenvalue weighted by molar-refractivity contribution is -0.129. The van der Waals surface area contributed by atoms with Crippen LogP contribution in [0.2, 0.25) is 0 Å². The van der Waals surface area contributed by atoms with Gasteiger partial charge in [0.25, 0.3) is 0 Å². The van der Waals surface area contributed by atoms with Crippen LogP contribution in [-0.4, -0.2) is 34.4 Å². The van der Waals surface area contributed by atoms with Gasteiger partial charge >= 0.3 is 6.03 Å². The normalized spacial score (nSPS) is 18.1. The summed E-state index contributed by atoms with van der Waals surface area (Å²) in [6, 6.07) is 13.0. The predicted molar refractivity (Wildman–Crippen MR) is 96.1 cm³/mol. The summed E-state index contributed by atoms with van der Waals surface area (Å²) in [5.41, 5.74) is 2.11. The molecule has 1 aromatic heterocycles. The fourth-order valence-electron chi connectivity index (χ4n) is 2.99. The molecule has 3 rings (SSSR count). The van der Waals surface area contributed by atoms with Gasteiger partial charge in [-0.25, -0.2) is 9.78 Å². The van der Waals surface area contributed by atoms with Crippen LogP contribution >= 0.6 is 0 Å². The number of carbonyl (C=O) groups excluding carboxylic acids is 2. The lowest BCUT2D eigenvalue weighted by atomic mass is 10.1. The molecule has 0 saturated carbocycles. The zero-order chi connectivity index (χ0) is 17.8. The van der Waals surface area contributed by atoms with Gasteiger partial charge in [0.15, 0.2) is 0 Å². The molecule has 1 aliphatic rings. The molecule has 0 bridgehead atoms. The quantitative estimate of drug-likeness (QED) is 0.900. The second kappa shape index (κ2) is 7.34. The molecule has 0 spiro atoms. The highest BCUT2D eigenvalue weighted by Gasteiger charge is 2.33. The molecule has 1 aliphatic heterocycles. The minimum atomic E-state index is -0.344. The lowest BCUT2D eigenvalue weighted by Gasteiger charge is -2.25. The Kier molecular flexibility index (Phi) is 4.97. The van der Waals surface area contributed by atoms with Crippen molar-refractivity contribution in [3.8, 4) is 0 Å². The van der Waals surface area contributed by atoms with Crippen molar-refractivity contribution in [1.82, 2.24) is 15.2 Å². The van der Waals surface area contributed by atoms with Gasteiger partial charge < -0.3 is 10.2 Å². The molecule has 6 heteroatoms. The molecule has 1 saturated heterocycles. The first-order chi connectivity index (χ1) is 12.0. The molecule has 2 aromatic rings. The highest BCUT2D eigenvalue weighted by atomic mass is 16.2. The average Bonchev–Trinajstić information content (AvgIpc) is 2.97. The number of benzene rings is 1. The number of hydrogen-bond donors (Lipinski definition) is 2. The standard InChI is InChI=1S/C19H22N4O2/c1-13-8-9-17(20-11-13)22-19(25)21-16-10-18(24)23(12-16)14(2)15-6-4-3-5-7-15/h3-9,11,14,16H,10,12H2,1-2H3,(H2,20,21,22,25). The van der Waals surface area contributed by atoms with E-state index in [4.69, 9.17) is 0 Å². The van der Waals surface area contributed by atoms with E-state index in [0.29, 0.717) is 18.8 Å². The van der Waals surface area contributed by atoms with Crippen molar-refractivity contribution in [2.75, 3.05) is 11.9 Å². The molecule has 2 unspecified atom stereocenters. The van der Waals surface area contributed by atoms with E-state index in [0.717, 1.165) is 11.1 Å². The van der Waals surface area contributed by atoms with Crippen molar-refractivity contribution in [3.63, 3.8) is 0 Å². The number of carbonyl (C=O) groups is 2.